The first-order chi connectivity index (χ1) is 26.7. The molecule has 0 radical (unpaired) electrons. The number of aromatic nitrogens is 1. The molecule has 2 aromatic heterocycles. The number of thiophene rings is 1. The highest BCUT2D eigenvalue weighted by molar-refractivity contribution is 7.17. The third-order valence-corrected chi connectivity index (χ3v) is 12.8. The van der Waals surface area contributed by atoms with Crippen LogP contribution in [0.2, 0.25) is 5.02 Å². The molecule has 0 bridgehead atoms. The van der Waals surface area contributed by atoms with Gasteiger partial charge in [-0.15, -0.1) is 11.3 Å². The van der Waals surface area contributed by atoms with Crippen molar-refractivity contribution >= 4 is 57.7 Å². The van der Waals surface area contributed by atoms with Crippen molar-refractivity contribution in [3.63, 3.8) is 0 Å². The first-order valence-electron chi connectivity index (χ1n) is 18.6. The van der Waals surface area contributed by atoms with E-state index >= 15 is 0 Å². The van der Waals surface area contributed by atoms with Crippen LogP contribution >= 0.6 is 22.9 Å². The molecule has 9 rings (SSSR count). The molecule has 0 saturated carbocycles. The zero-order chi connectivity index (χ0) is 37.7. The van der Waals surface area contributed by atoms with E-state index in [1.807, 2.05) is 36.4 Å². The van der Waals surface area contributed by atoms with Crippen molar-refractivity contribution < 1.29 is 28.2 Å². The highest BCUT2D eigenvalue weighted by Crippen LogP contribution is 2.44. The van der Waals surface area contributed by atoms with Crippen LogP contribution in [0.15, 0.2) is 78.9 Å². The van der Waals surface area contributed by atoms with Crippen LogP contribution in [0, 0.1) is 11.2 Å². The number of carbonyl (C=O) groups excluding carboxylic acids is 3. The van der Waals surface area contributed by atoms with Gasteiger partial charge in [-0.2, -0.15) is 0 Å². The largest absolute Gasteiger partial charge is 0.381 e. The van der Waals surface area contributed by atoms with Gasteiger partial charge >= 0.3 is 0 Å². The van der Waals surface area contributed by atoms with Crippen LogP contribution in [0.4, 0.5) is 21.6 Å². The number of anilines is 3. The molecule has 12 heteroatoms. The number of hydrogen-bond donors (Lipinski definition) is 1. The molecule has 0 aliphatic carbocycles. The molecule has 9 nitrogen and oxygen atoms in total. The molecule has 5 aromatic rings. The Morgan fingerprint density at radius 2 is 1.71 bits per heavy atom. The van der Waals surface area contributed by atoms with Crippen molar-refractivity contribution in [1.82, 2.24) is 4.98 Å². The molecule has 3 aromatic carbocycles. The van der Waals surface area contributed by atoms with Gasteiger partial charge in [0.25, 0.3) is 11.8 Å². The molecule has 4 aliphatic heterocycles. The Hall–Kier alpha value is -4.94. The number of rotatable bonds is 7. The summed E-state index contributed by atoms with van der Waals surface area (Å²) in [4.78, 5) is 51.8. The first kappa shape index (κ1) is 35.7. The predicted octanol–water partition coefficient (Wildman–Crippen LogP) is 8.17. The van der Waals surface area contributed by atoms with Crippen LogP contribution in [0.25, 0.3) is 10.4 Å². The second kappa shape index (κ2) is 14.6. The lowest BCUT2D eigenvalue weighted by Crippen LogP contribution is -2.59. The topological polar surface area (TPSA) is 101 Å². The number of ether oxygens (including phenoxy) is 2. The number of para-hydroxylation sites is 1. The van der Waals surface area contributed by atoms with Crippen molar-refractivity contribution in [2.45, 2.75) is 38.7 Å². The van der Waals surface area contributed by atoms with Gasteiger partial charge in [-0.25, -0.2) is 9.37 Å². The second-order valence-electron chi connectivity index (χ2n) is 14.8. The standard InChI is InChI=1S/C43H38ClFN4O5S/c44-33-5-3-6-34(45)31(33)22-37(50)38-21-27-12-16-49(36-7-2-1-4-30(36)39(27)55-38)42(52)26-8-10-29(11-9-26)46-41(51)32-20-28-23-54-17-13-35(28)47-40(32)48-24-43(25-48)14-18-53-19-15-43/h1-11,20-21H,12-19,22-25H2,(H,46,51). The normalized spacial score (nSPS) is 17.1. The fraction of sp³-hybridized carbons (Fsp3) is 0.302. The third-order valence-electron chi connectivity index (χ3n) is 11.2. The maximum Gasteiger partial charge on any atom is 0.259 e. The summed E-state index contributed by atoms with van der Waals surface area (Å²) in [5, 5.41) is 3.27. The minimum Gasteiger partial charge on any atom is -0.381 e. The summed E-state index contributed by atoms with van der Waals surface area (Å²) in [6, 6.07) is 22.8. The van der Waals surface area contributed by atoms with Gasteiger partial charge in [0.2, 0.25) is 0 Å². The number of benzene rings is 3. The van der Waals surface area contributed by atoms with Crippen LogP contribution < -0.4 is 15.1 Å². The van der Waals surface area contributed by atoms with Crippen LogP contribution in [0.1, 0.15) is 65.6 Å². The molecule has 0 atom stereocenters. The van der Waals surface area contributed by atoms with E-state index in [1.54, 1.807) is 35.2 Å². The van der Waals surface area contributed by atoms with Gasteiger partial charge in [-0.1, -0.05) is 35.9 Å². The number of hydrogen-bond acceptors (Lipinski definition) is 8. The Kier molecular flexibility index (Phi) is 9.50. The summed E-state index contributed by atoms with van der Waals surface area (Å²) >= 11 is 7.57. The van der Waals surface area contributed by atoms with E-state index in [0.717, 1.165) is 78.5 Å². The highest BCUT2D eigenvalue weighted by atomic mass is 35.5. The van der Waals surface area contributed by atoms with Crippen molar-refractivity contribution in [3.8, 4) is 10.4 Å². The minimum absolute atomic E-state index is 0.136. The zero-order valence-corrected chi connectivity index (χ0v) is 31.6. The van der Waals surface area contributed by atoms with Gasteiger partial charge in [0, 0.05) is 88.9 Å². The minimum atomic E-state index is -0.504. The van der Waals surface area contributed by atoms with Crippen molar-refractivity contribution in [2.75, 3.05) is 54.6 Å². The molecule has 2 amide bonds. The van der Waals surface area contributed by atoms with Crippen LogP contribution in [0.5, 0.6) is 0 Å². The van der Waals surface area contributed by atoms with E-state index in [4.69, 9.17) is 26.1 Å². The maximum atomic E-state index is 14.5. The predicted molar refractivity (Wildman–Crippen MR) is 211 cm³/mol. The first-order valence-corrected chi connectivity index (χ1v) is 19.8. The lowest BCUT2D eigenvalue weighted by Gasteiger charge is -2.53. The summed E-state index contributed by atoms with van der Waals surface area (Å²) in [5.74, 6) is -0.436. The van der Waals surface area contributed by atoms with Gasteiger partial charge in [0.1, 0.15) is 11.6 Å². The SMILES string of the molecule is O=C(Cc1c(F)cccc1Cl)c1cc2c(s1)-c1ccccc1N(C(=O)c1ccc(NC(=O)c3cc4c(nc3N3CC5(CCOCC5)C3)CCOC4)cc1)CC2. The Labute approximate surface area is 327 Å². The molecule has 55 heavy (non-hydrogen) atoms. The molecule has 0 unspecified atom stereocenters. The van der Waals surface area contributed by atoms with E-state index < -0.39 is 5.82 Å². The Balaban J connectivity index is 0.920. The zero-order valence-electron chi connectivity index (χ0n) is 30.0. The smallest absolute Gasteiger partial charge is 0.259 e. The number of halogens is 2. The summed E-state index contributed by atoms with van der Waals surface area (Å²) in [6.45, 7) is 4.69. The average molecular weight is 777 g/mol. The summed E-state index contributed by atoms with van der Waals surface area (Å²) in [7, 11) is 0. The van der Waals surface area contributed by atoms with Gasteiger partial charge in [0.15, 0.2) is 5.78 Å². The average Bonchev–Trinajstić information content (AvgIpc) is 3.56. The molecule has 6 heterocycles. The molecule has 1 spiro atoms. The van der Waals surface area contributed by atoms with Gasteiger partial charge in [0.05, 0.1) is 35.0 Å². The van der Waals surface area contributed by atoms with E-state index in [-0.39, 0.29) is 40.0 Å². The van der Waals surface area contributed by atoms with Crippen molar-refractivity contribution in [3.05, 3.63) is 128 Å². The number of carbonyl (C=O) groups is 3. The Morgan fingerprint density at radius 1 is 0.909 bits per heavy atom. The van der Waals surface area contributed by atoms with Gasteiger partial charge < -0.3 is 24.6 Å². The lowest BCUT2D eigenvalue weighted by atomic mass is 9.73. The highest BCUT2D eigenvalue weighted by Gasteiger charge is 2.45. The number of fused-ring (bicyclic) bond motifs is 4. The van der Waals surface area contributed by atoms with E-state index in [0.29, 0.717) is 53.7 Å². The van der Waals surface area contributed by atoms with Crippen LogP contribution in [-0.2, 0) is 35.3 Å². The third kappa shape index (κ3) is 6.84. The number of amides is 2. The number of ketones is 1. The van der Waals surface area contributed by atoms with E-state index in [2.05, 4.69) is 10.2 Å². The monoisotopic (exact) mass is 776 g/mol. The fourth-order valence-electron chi connectivity index (χ4n) is 8.16. The fourth-order valence-corrected chi connectivity index (χ4v) is 9.57. The second-order valence-corrected chi connectivity index (χ2v) is 16.2. The molecular formula is C43H38ClFN4O5S. The van der Waals surface area contributed by atoms with Crippen LogP contribution in [0.3, 0.4) is 0 Å². The van der Waals surface area contributed by atoms with Gasteiger partial charge in [-0.3, -0.25) is 14.4 Å². The lowest BCUT2D eigenvalue weighted by molar-refractivity contribution is -0.000550. The van der Waals surface area contributed by atoms with E-state index in [9.17, 15) is 18.8 Å². The summed E-state index contributed by atoms with van der Waals surface area (Å²) in [6.07, 6.45) is 3.15. The Bertz CT molecular complexity index is 2310. The molecule has 280 valence electrons. The number of Topliss-reactive ketones (excluding diaryl/α,β-unsaturated/α-hetero) is 1. The summed E-state index contributed by atoms with van der Waals surface area (Å²) in [5.41, 5.74) is 6.43. The Morgan fingerprint density at radius 3 is 2.51 bits per heavy atom. The molecule has 4 aliphatic rings. The molecule has 2 saturated heterocycles. The molecular weight excluding hydrogens is 739 g/mol. The van der Waals surface area contributed by atoms with Crippen LogP contribution in [-0.4, -0.2) is 62.0 Å². The molecule has 2 fully saturated rings. The quantitative estimate of drug-likeness (QED) is 0.167. The number of pyridine rings is 1. The van der Waals surface area contributed by atoms with E-state index in [1.165, 1.54) is 23.5 Å². The van der Waals surface area contributed by atoms with Gasteiger partial charge in [-0.05, 0) is 79.4 Å². The number of nitrogens with one attached hydrogen (secondary N) is 1. The maximum absolute atomic E-state index is 14.5. The van der Waals surface area contributed by atoms with Crippen molar-refractivity contribution in [1.29, 1.82) is 0 Å². The number of nitrogens with zero attached hydrogens (tertiary/aromatic N) is 3. The summed E-state index contributed by atoms with van der Waals surface area (Å²) < 4.78 is 25.8. The van der Waals surface area contributed by atoms with Crippen molar-refractivity contribution in [2.24, 2.45) is 5.41 Å². The molecule has 1 N–H and O–H groups in total.